The SMILES string of the molecule is CC(CC(=O)O)CC(=O)c1c(CCCCCCc2ccc(O)cc2)n(C)c2ccc(Cl)cc12. The number of nitrogens with zero attached hydrogens (tertiary/aromatic N) is 1. The van der Waals surface area contributed by atoms with E-state index in [0.29, 0.717) is 10.6 Å². The number of hydrogen-bond acceptors (Lipinski definition) is 3. The van der Waals surface area contributed by atoms with Crippen LogP contribution in [-0.4, -0.2) is 26.5 Å². The Bertz CT molecular complexity index is 1120. The third-order valence-corrected chi connectivity index (χ3v) is 6.42. The van der Waals surface area contributed by atoms with Crippen LogP contribution in [0.15, 0.2) is 42.5 Å². The van der Waals surface area contributed by atoms with Gasteiger partial charge < -0.3 is 14.8 Å². The van der Waals surface area contributed by atoms with Crippen LogP contribution in [0, 0.1) is 5.92 Å². The molecular weight excluding hydrogens is 438 g/mol. The topological polar surface area (TPSA) is 79.5 Å². The number of phenolic OH excluding ortho intramolecular Hbond substituents is 1. The first-order chi connectivity index (χ1) is 15.8. The van der Waals surface area contributed by atoms with E-state index < -0.39 is 5.97 Å². The van der Waals surface area contributed by atoms with Crippen molar-refractivity contribution in [2.24, 2.45) is 13.0 Å². The van der Waals surface area contributed by atoms with E-state index in [-0.39, 0.29) is 30.3 Å². The molecule has 0 radical (unpaired) electrons. The van der Waals surface area contributed by atoms with Crippen molar-refractivity contribution in [3.8, 4) is 5.75 Å². The lowest BCUT2D eigenvalue weighted by Gasteiger charge is -2.11. The van der Waals surface area contributed by atoms with E-state index in [4.69, 9.17) is 16.7 Å². The molecule has 33 heavy (non-hydrogen) atoms. The molecule has 2 aromatic carbocycles. The normalized spacial score (nSPS) is 12.2. The van der Waals surface area contributed by atoms with Gasteiger partial charge in [0, 0.05) is 47.1 Å². The molecule has 3 rings (SSSR count). The number of fused-ring (bicyclic) bond motifs is 1. The Morgan fingerprint density at radius 2 is 1.64 bits per heavy atom. The number of Topliss-reactive ketones (excluding diaryl/α,β-unsaturated/α-hetero) is 1. The lowest BCUT2D eigenvalue weighted by atomic mass is 9.94. The number of aromatic hydroxyl groups is 1. The van der Waals surface area contributed by atoms with Crippen LogP contribution in [0.2, 0.25) is 5.02 Å². The lowest BCUT2D eigenvalue weighted by molar-refractivity contribution is -0.137. The molecule has 0 spiro atoms. The Kier molecular flexibility index (Phi) is 8.56. The van der Waals surface area contributed by atoms with Gasteiger partial charge in [-0.1, -0.05) is 43.5 Å². The number of carboxylic acid groups (broad SMARTS) is 1. The third kappa shape index (κ3) is 6.61. The average Bonchev–Trinajstić information content (AvgIpc) is 3.02. The Morgan fingerprint density at radius 3 is 2.30 bits per heavy atom. The number of carboxylic acids is 1. The number of halogens is 1. The first-order valence-corrected chi connectivity index (χ1v) is 11.9. The first-order valence-electron chi connectivity index (χ1n) is 11.6. The highest BCUT2D eigenvalue weighted by molar-refractivity contribution is 6.31. The van der Waals surface area contributed by atoms with Gasteiger partial charge in [0.2, 0.25) is 0 Å². The van der Waals surface area contributed by atoms with Crippen molar-refractivity contribution in [2.45, 2.75) is 58.3 Å². The predicted octanol–water partition coefficient (Wildman–Crippen LogP) is 6.57. The quantitative estimate of drug-likeness (QED) is 0.232. The minimum Gasteiger partial charge on any atom is -0.508 e. The second-order valence-electron chi connectivity index (χ2n) is 8.95. The van der Waals surface area contributed by atoms with Crippen molar-refractivity contribution in [3.05, 3.63) is 64.3 Å². The molecule has 0 aliphatic rings. The largest absolute Gasteiger partial charge is 0.508 e. The summed E-state index contributed by atoms with van der Waals surface area (Å²) in [4.78, 5) is 24.3. The van der Waals surface area contributed by atoms with Crippen LogP contribution in [-0.2, 0) is 24.7 Å². The fraction of sp³-hybridized carbons (Fsp3) is 0.407. The summed E-state index contributed by atoms with van der Waals surface area (Å²) in [6.07, 6.45) is 6.16. The molecule has 2 N–H and O–H groups in total. The van der Waals surface area contributed by atoms with Gasteiger partial charge in [-0.05, 0) is 67.5 Å². The molecule has 0 aliphatic carbocycles. The van der Waals surface area contributed by atoms with E-state index in [0.717, 1.165) is 55.1 Å². The molecule has 1 atom stereocenters. The number of benzene rings is 2. The number of rotatable bonds is 12. The second-order valence-corrected chi connectivity index (χ2v) is 9.39. The Morgan fingerprint density at radius 1 is 0.970 bits per heavy atom. The van der Waals surface area contributed by atoms with Crippen LogP contribution in [0.4, 0.5) is 0 Å². The molecule has 0 bridgehead atoms. The molecular formula is C27H32ClNO4. The number of aliphatic carboxylic acids is 1. The molecule has 3 aromatic rings. The van der Waals surface area contributed by atoms with Crippen LogP contribution in [0.25, 0.3) is 10.9 Å². The summed E-state index contributed by atoms with van der Waals surface area (Å²) in [5.74, 6) is -0.836. The van der Waals surface area contributed by atoms with Gasteiger partial charge in [-0.15, -0.1) is 0 Å². The van der Waals surface area contributed by atoms with Crippen molar-refractivity contribution < 1.29 is 19.8 Å². The number of carbonyl (C=O) groups excluding carboxylic acids is 1. The molecule has 0 fully saturated rings. The molecule has 1 aromatic heterocycles. The second kappa shape index (κ2) is 11.4. The molecule has 1 heterocycles. The summed E-state index contributed by atoms with van der Waals surface area (Å²) in [5, 5.41) is 19.9. The van der Waals surface area contributed by atoms with Crippen LogP contribution in [0.1, 0.15) is 67.1 Å². The number of unbranched alkanes of at least 4 members (excludes halogenated alkanes) is 3. The maximum absolute atomic E-state index is 13.2. The monoisotopic (exact) mass is 469 g/mol. The zero-order valence-corrected chi connectivity index (χ0v) is 20.1. The Labute approximate surface area is 200 Å². The van der Waals surface area contributed by atoms with Crippen LogP contribution < -0.4 is 0 Å². The highest BCUT2D eigenvalue weighted by atomic mass is 35.5. The summed E-state index contributed by atoms with van der Waals surface area (Å²) < 4.78 is 2.08. The third-order valence-electron chi connectivity index (χ3n) is 6.18. The summed E-state index contributed by atoms with van der Waals surface area (Å²) in [6.45, 7) is 1.80. The average molecular weight is 470 g/mol. The number of carbonyl (C=O) groups is 2. The lowest BCUT2D eigenvalue weighted by Crippen LogP contribution is -2.12. The molecule has 0 aliphatic heterocycles. The fourth-order valence-electron chi connectivity index (χ4n) is 4.50. The zero-order chi connectivity index (χ0) is 24.0. The fourth-order valence-corrected chi connectivity index (χ4v) is 4.67. The first kappa shape index (κ1) is 24.8. The Balaban J connectivity index is 1.67. The number of aromatic nitrogens is 1. The summed E-state index contributed by atoms with van der Waals surface area (Å²) in [7, 11) is 1.98. The number of aryl methyl sites for hydroxylation is 2. The minimum absolute atomic E-state index is 0.0149. The van der Waals surface area contributed by atoms with E-state index in [9.17, 15) is 14.7 Å². The standard InChI is InChI=1S/C27H32ClNO4/c1-18(16-26(32)33)15-25(31)27-22-17-20(28)11-14-23(22)29(2)24(27)8-6-4-3-5-7-19-9-12-21(30)13-10-19/h9-14,17-18,30H,3-8,15-16H2,1-2H3,(H,32,33). The summed E-state index contributed by atoms with van der Waals surface area (Å²) in [5.41, 5.74) is 3.88. The van der Waals surface area contributed by atoms with E-state index in [2.05, 4.69) is 4.57 Å². The van der Waals surface area contributed by atoms with Gasteiger partial charge in [0.1, 0.15) is 5.75 Å². The molecule has 0 amide bonds. The number of hydrogen-bond donors (Lipinski definition) is 2. The highest BCUT2D eigenvalue weighted by Gasteiger charge is 2.23. The van der Waals surface area contributed by atoms with Gasteiger partial charge in [0.05, 0.1) is 0 Å². The summed E-state index contributed by atoms with van der Waals surface area (Å²) >= 11 is 6.24. The van der Waals surface area contributed by atoms with Gasteiger partial charge >= 0.3 is 5.97 Å². The van der Waals surface area contributed by atoms with Crippen LogP contribution in [0.3, 0.4) is 0 Å². The van der Waals surface area contributed by atoms with E-state index in [1.54, 1.807) is 19.1 Å². The maximum Gasteiger partial charge on any atom is 0.303 e. The van der Waals surface area contributed by atoms with Crippen molar-refractivity contribution >= 4 is 34.3 Å². The maximum atomic E-state index is 13.2. The van der Waals surface area contributed by atoms with Crippen molar-refractivity contribution in [2.75, 3.05) is 0 Å². The molecule has 176 valence electrons. The molecule has 1 unspecified atom stereocenters. The number of phenols is 1. The zero-order valence-electron chi connectivity index (χ0n) is 19.3. The van der Waals surface area contributed by atoms with Gasteiger partial charge in [-0.25, -0.2) is 0 Å². The van der Waals surface area contributed by atoms with Gasteiger partial charge in [0.25, 0.3) is 0 Å². The molecule has 5 nitrogen and oxygen atoms in total. The summed E-state index contributed by atoms with van der Waals surface area (Å²) in [6, 6.07) is 13.0. The van der Waals surface area contributed by atoms with Crippen molar-refractivity contribution in [1.82, 2.24) is 4.57 Å². The number of ketones is 1. The molecule has 6 heteroatoms. The van der Waals surface area contributed by atoms with E-state index in [1.165, 1.54) is 5.56 Å². The minimum atomic E-state index is -0.885. The van der Waals surface area contributed by atoms with E-state index in [1.807, 2.05) is 37.4 Å². The van der Waals surface area contributed by atoms with Crippen molar-refractivity contribution in [3.63, 3.8) is 0 Å². The molecule has 0 saturated carbocycles. The van der Waals surface area contributed by atoms with Crippen molar-refractivity contribution in [1.29, 1.82) is 0 Å². The smallest absolute Gasteiger partial charge is 0.303 e. The van der Waals surface area contributed by atoms with Crippen LogP contribution in [0.5, 0.6) is 5.75 Å². The Hall–Kier alpha value is -2.79. The van der Waals surface area contributed by atoms with Gasteiger partial charge in [-0.2, -0.15) is 0 Å². The molecule has 0 saturated heterocycles. The van der Waals surface area contributed by atoms with Gasteiger partial charge in [-0.3, -0.25) is 9.59 Å². The van der Waals surface area contributed by atoms with Crippen LogP contribution >= 0.6 is 11.6 Å². The van der Waals surface area contributed by atoms with Gasteiger partial charge in [0.15, 0.2) is 5.78 Å². The highest BCUT2D eigenvalue weighted by Crippen LogP contribution is 2.31. The predicted molar refractivity (Wildman–Crippen MR) is 132 cm³/mol. The van der Waals surface area contributed by atoms with E-state index >= 15 is 0 Å².